The highest BCUT2D eigenvalue weighted by Gasteiger charge is 2.19. The molecule has 2 N–H and O–H groups in total. The van der Waals surface area contributed by atoms with E-state index in [-0.39, 0.29) is 5.41 Å². The SMILES string of the molecule is CC(C)(C)c1[nH]ncc1CNc1ccccc1Cl. The molecule has 96 valence electrons. The summed E-state index contributed by atoms with van der Waals surface area (Å²) in [5.74, 6) is 0. The second kappa shape index (κ2) is 5.02. The predicted octanol–water partition coefficient (Wildman–Crippen LogP) is 3.97. The van der Waals surface area contributed by atoms with Crippen LogP contribution < -0.4 is 5.32 Å². The van der Waals surface area contributed by atoms with Gasteiger partial charge in [0.25, 0.3) is 0 Å². The van der Waals surface area contributed by atoms with Crippen molar-refractivity contribution in [2.75, 3.05) is 5.32 Å². The number of hydrogen-bond donors (Lipinski definition) is 2. The minimum Gasteiger partial charge on any atom is -0.380 e. The van der Waals surface area contributed by atoms with Crippen molar-refractivity contribution < 1.29 is 0 Å². The van der Waals surface area contributed by atoms with E-state index >= 15 is 0 Å². The van der Waals surface area contributed by atoms with Gasteiger partial charge in [-0.15, -0.1) is 0 Å². The highest BCUT2D eigenvalue weighted by molar-refractivity contribution is 6.33. The van der Waals surface area contributed by atoms with Gasteiger partial charge < -0.3 is 5.32 Å². The molecule has 0 saturated heterocycles. The number of anilines is 1. The van der Waals surface area contributed by atoms with E-state index in [4.69, 9.17) is 11.6 Å². The molecule has 0 amide bonds. The number of nitrogens with zero attached hydrogens (tertiary/aromatic N) is 1. The summed E-state index contributed by atoms with van der Waals surface area (Å²) in [6.45, 7) is 7.21. The summed E-state index contributed by atoms with van der Waals surface area (Å²) in [5, 5.41) is 11.3. The lowest BCUT2D eigenvalue weighted by Gasteiger charge is -2.19. The van der Waals surface area contributed by atoms with Gasteiger partial charge >= 0.3 is 0 Å². The number of aromatic nitrogens is 2. The molecule has 2 aromatic rings. The van der Waals surface area contributed by atoms with Crippen molar-refractivity contribution in [3.8, 4) is 0 Å². The molecule has 0 aliphatic heterocycles. The Balaban J connectivity index is 2.12. The Morgan fingerprint density at radius 1 is 1.28 bits per heavy atom. The van der Waals surface area contributed by atoms with Gasteiger partial charge in [-0.1, -0.05) is 44.5 Å². The van der Waals surface area contributed by atoms with Crippen LogP contribution in [0.4, 0.5) is 5.69 Å². The fourth-order valence-corrected chi connectivity index (χ4v) is 2.09. The van der Waals surface area contributed by atoms with Gasteiger partial charge in [0.1, 0.15) is 0 Å². The van der Waals surface area contributed by atoms with Crippen LogP contribution in [0.15, 0.2) is 30.5 Å². The molecular formula is C14H18ClN3. The number of halogens is 1. The van der Waals surface area contributed by atoms with Gasteiger partial charge in [0.2, 0.25) is 0 Å². The first kappa shape index (κ1) is 13.0. The predicted molar refractivity (Wildman–Crippen MR) is 76.1 cm³/mol. The van der Waals surface area contributed by atoms with Gasteiger partial charge in [-0.05, 0) is 12.1 Å². The van der Waals surface area contributed by atoms with Crippen LogP contribution in [0.25, 0.3) is 0 Å². The summed E-state index contributed by atoms with van der Waals surface area (Å²) in [7, 11) is 0. The normalized spacial score (nSPS) is 11.6. The lowest BCUT2D eigenvalue weighted by atomic mass is 9.89. The molecule has 1 aromatic carbocycles. The number of hydrogen-bond acceptors (Lipinski definition) is 2. The van der Waals surface area contributed by atoms with Crippen molar-refractivity contribution in [1.82, 2.24) is 10.2 Å². The van der Waals surface area contributed by atoms with Gasteiger partial charge in [-0.3, -0.25) is 5.10 Å². The first-order valence-corrected chi connectivity index (χ1v) is 6.37. The van der Waals surface area contributed by atoms with Gasteiger partial charge in [-0.2, -0.15) is 5.10 Å². The van der Waals surface area contributed by atoms with Crippen LogP contribution in [-0.4, -0.2) is 10.2 Å². The van der Waals surface area contributed by atoms with Crippen LogP contribution in [0.2, 0.25) is 5.02 Å². The molecule has 0 unspecified atom stereocenters. The Morgan fingerprint density at radius 2 is 2.00 bits per heavy atom. The molecule has 0 spiro atoms. The van der Waals surface area contributed by atoms with E-state index in [0.29, 0.717) is 6.54 Å². The average Bonchev–Trinajstić information content (AvgIpc) is 2.76. The molecule has 18 heavy (non-hydrogen) atoms. The van der Waals surface area contributed by atoms with Gasteiger partial charge in [0, 0.05) is 23.2 Å². The third-order valence-electron chi connectivity index (χ3n) is 2.81. The highest BCUT2D eigenvalue weighted by Crippen LogP contribution is 2.25. The fraction of sp³-hybridized carbons (Fsp3) is 0.357. The maximum Gasteiger partial charge on any atom is 0.0637 e. The minimum absolute atomic E-state index is 0.0635. The van der Waals surface area contributed by atoms with Crippen LogP contribution in [-0.2, 0) is 12.0 Å². The number of aromatic amines is 1. The van der Waals surface area contributed by atoms with Crippen molar-refractivity contribution in [3.63, 3.8) is 0 Å². The second-order valence-corrected chi connectivity index (χ2v) is 5.76. The average molecular weight is 264 g/mol. The lowest BCUT2D eigenvalue weighted by molar-refractivity contribution is 0.561. The molecule has 2 rings (SSSR count). The third-order valence-corrected chi connectivity index (χ3v) is 3.14. The molecule has 0 aliphatic carbocycles. The molecule has 0 radical (unpaired) electrons. The van der Waals surface area contributed by atoms with Gasteiger partial charge in [0.15, 0.2) is 0 Å². The summed E-state index contributed by atoms with van der Waals surface area (Å²) in [6, 6.07) is 7.74. The number of benzene rings is 1. The summed E-state index contributed by atoms with van der Waals surface area (Å²) in [5.41, 5.74) is 3.33. The van der Waals surface area contributed by atoms with Crippen LogP contribution in [0, 0.1) is 0 Å². The van der Waals surface area contributed by atoms with Crippen molar-refractivity contribution in [1.29, 1.82) is 0 Å². The Bertz CT molecular complexity index is 526. The van der Waals surface area contributed by atoms with E-state index in [2.05, 4.69) is 36.3 Å². The summed E-state index contributed by atoms with van der Waals surface area (Å²) < 4.78 is 0. The molecular weight excluding hydrogens is 246 g/mol. The molecule has 0 fully saturated rings. The third kappa shape index (κ3) is 2.85. The van der Waals surface area contributed by atoms with Gasteiger partial charge in [0.05, 0.1) is 16.9 Å². The minimum atomic E-state index is 0.0635. The lowest BCUT2D eigenvalue weighted by Crippen LogP contribution is -2.15. The number of rotatable bonds is 3. The highest BCUT2D eigenvalue weighted by atomic mass is 35.5. The topological polar surface area (TPSA) is 40.7 Å². The molecule has 0 bridgehead atoms. The van der Waals surface area contributed by atoms with Crippen LogP contribution in [0.5, 0.6) is 0 Å². The monoisotopic (exact) mass is 263 g/mol. The zero-order chi connectivity index (χ0) is 13.2. The maximum atomic E-state index is 6.11. The smallest absolute Gasteiger partial charge is 0.0637 e. The molecule has 1 aromatic heterocycles. The van der Waals surface area contributed by atoms with Crippen molar-refractivity contribution in [3.05, 3.63) is 46.7 Å². The van der Waals surface area contributed by atoms with E-state index in [1.165, 1.54) is 5.56 Å². The first-order chi connectivity index (χ1) is 8.48. The Kier molecular flexibility index (Phi) is 3.62. The largest absolute Gasteiger partial charge is 0.380 e. The fourth-order valence-electron chi connectivity index (χ4n) is 1.89. The molecule has 0 aliphatic rings. The number of para-hydroxylation sites is 1. The molecule has 0 atom stereocenters. The molecule has 1 heterocycles. The van der Waals surface area contributed by atoms with E-state index in [1.54, 1.807) is 0 Å². The zero-order valence-electron chi connectivity index (χ0n) is 10.9. The maximum absolute atomic E-state index is 6.11. The van der Waals surface area contributed by atoms with E-state index in [9.17, 15) is 0 Å². The first-order valence-electron chi connectivity index (χ1n) is 5.99. The number of nitrogens with one attached hydrogen (secondary N) is 2. The van der Waals surface area contributed by atoms with Crippen LogP contribution >= 0.6 is 11.6 Å². The van der Waals surface area contributed by atoms with Gasteiger partial charge in [-0.25, -0.2) is 0 Å². The van der Waals surface area contributed by atoms with Crippen molar-refractivity contribution in [2.24, 2.45) is 0 Å². The Labute approximate surface area is 113 Å². The van der Waals surface area contributed by atoms with Crippen molar-refractivity contribution >= 4 is 17.3 Å². The number of H-pyrrole nitrogens is 1. The molecule has 0 saturated carbocycles. The van der Waals surface area contributed by atoms with E-state index < -0.39 is 0 Å². The molecule has 3 nitrogen and oxygen atoms in total. The van der Waals surface area contributed by atoms with Crippen LogP contribution in [0.1, 0.15) is 32.0 Å². The van der Waals surface area contributed by atoms with Crippen molar-refractivity contribution in [2.45, 2.75) is 32.7 Å². The Hall–Kier alpha value is -1.48. The zero-order valence-corrected chi connectivity index (χ0v) is 11.7. The standard InChI is InChI=1S/C14H18ClN3/c1-14(2,3)13-10(9-17-18-13)8-16-12-7-5-4-6-11(12)15/h4-7,9,16H,8H2,1-3H3,(H,17,18). The summed E-state index contributed by atoms with van der Waals surface area (Å²) in [6.07, 6.45) is 1.87. The second-order valence-electron chi connectivity index (χ2n) is 5.35. The van der Waals surface area contributed by atoms with Crippen LogP contribution in [0.3, 0.4) is 0 Å². The summed E-state index contributed by atoms with van der Waals surface area (Å²) in [4.78, 5) is 0. The Morgan fingerprint density at radius 3 is 2.67 bits per heavy atom. The molecule has 4 heteroatoms. The summed E-state index contributed by atoms with van der Waals surface area (Å²) >= 11 is 6.11. The van der Waals surface area contributed by atoms with E-state index in [0.717, 1.165) is 16.4 Å². The quantitative estimate of drug-likeness (QED) is 0.880. The van der Waals surface area contributed by atoms with E-state index in [1.807, 2.05) is 30.5 Å².